The Morgan fingerprint density at radius 2 is 2.12 bits per heavy atom. The highest BCUT2D eigenvalue weighted by Gasteiger charge is 1.92. The molecule has 0 aliphatic heterocycles. The lowest BCUT2D eigenvalue weighted by Gasteiger charge is -1.77. The van der Waals surface area contributed by atoms with Crippen molar-refractivity contribution in [3.8, 4) is 0 Å². The summed E-state index contributed by atoms with van der Waals surface area (Å²) in [6, 6.07) is 0. The van der Waals surface area contributed by atoms with Gasteiger partial charge in [-0.15, -0.1) is 0 Å². The van der Waals surface area contributed by atoms with E-state index in [0.29, 0.717) is 6.08 Å². The second-order valence-corrected chi connectivity index (χ2v) is 2.26. The minimum absolute atomic E-state index is 0.178. The fourth-order valence-electron chi connectivity index (χ4n) is 0.157. The third-order valence-corrected chi connectivity index (χ3v) is 0.857. The van der Waals surface area contributed by atoms with Crippen molar-refractivity contribution in [3.63, 3.8) is 0 Å². The molecule has 0 aliphatic rings. The number of carbonyl (C=O) groups is 1. The van der Waals surface area contributed by atoms with Gasteiger partial charge in [-0.3, -0.25) is 4.79 Å². The van der Waals surface area contributed by atoms with E-state index in [1.165, 1.54) is 22.6 Å². The number of halogens is 3. The fourth-order valence-corrected chi connectivity index (χ4v) is 0.378. The molecule has 0 radical (unpaired) electrons. The molecule has 46 valence electrons. The SMILES string of the molecule is O=C(I)CC=C(F)F. The number of hydrogen-bond donors (Lipinski definition) is 0. The highest BCUT2D eigenvalue weighted by atomic mass is 127. The zero-order chi connectivity index (χ0) is 6.57. The van der Waals surface area contributed by atoms with E-state index < -0.39 is 6.08 Å². The van der Waals surface area contributed by atoms with E-state index in [4.69, 9.17) is 0 Å². The predicted molar refractivity (Wildman–Crippen MR) is 33.9 cm³/mol. The summed E-state index contributed by atoms with van der Waals surface area (Å²) in [5.41, 5.74) is 0. The molecule has 0 heterocycles. The predicted octanol–water partition coefficient (Wildman–Crippen LogP) is 2.12. The fraction of sp³-hybridized carbons (Fsp3) is 0.250. The van der Waals surface area contributed by atoms with Crippen molar-refractivity contribution in [2.75, 3.05) is 0 Å². The molecule has 0 spiro atoms. The van der Waals surface area contributed by atoms with E-state index in [9.17, 15) is 13.6 Å². The zero-order valence-corrected chi connectivity index (χ0v) is 5.98. The van der Waals surface area contributed by atoms with Crippen LogP contribution in [0.15, 0.2) is 12.2 Å². The molecule has 0 aromatic heterocycles. The van der Waals surface area contributed by atoms with Gasteiger partial charge in [0.25, 0.3) is 6.08 Å². The van der Waals surface area contributed by atoms with Gasteiger partial charge in [-0.1, -0.05) is 0 Å². The zero-order valence-electron chi connectivity index (χ0n) is 3.83. The summed E-state index contributed by atoms with van der Waals surface area (Å²) in [5, 5.41) is 0. The standard InChI is InChI=1S/C4H3F2IO/c5-3(6)1-2-4(7)8/h1H,2H2. The maximum Gasteiger partial charge on any atom is 0.266 e. The number of hydrogen-bond acceptors (Lipinski definition) is 1. The largest absolute Gasteiger partial charge is 0.287 e. The van der Waals surface area contributed by atoms with Crippen molar-refractivity contribution in [1.29, 1.82) is 0 Å². The van der Waals surface area contributed by atoms with Gasteiger partial charge in [-0.25, -0.2) is 0 Å². The molecule has 0 saturated carbocycles. The van der Waals surface area contributed by atoms with Crippen LogP contribution in [0.4, 0.5) is 8.78 Å². The molecule has 0 amide bonds. The Labute approximate surface area is 58.9 Å². The molecule has 1 nitrogen and oxygen atoms in total. The van der Waals surface area contributed by atoms with Crippen LogP contribution in [-0.4, -0.2) is 3.79 Å². The molecule has 0 N–H and O–H groups in total. The molecular weight excluding hydrogens is 229 g/mol. The molecular formula is C4H3F2IO. The maximum absolute atomic E-state index is 11.1. The van der Waals surface area contributed by atoms with Gasteiger partial charge >= 0.3 is 0 Å². The minimum Gasteiger partial charge on any atom is -0.287 e. The minimum atomic E-state index is -1.80. The molecule has 0 bridgehead atoms. The van der Waals surface area contributed by atoms with E-state index in [1.807, 2.05) is 0 Å². The molecule has 8 heavy (non-hydrogen) atoms. The van der Waals surface area contributed by atoms with E-state index in [1.54, 1.807) is 0 Å². The lowest BCUT2D eigenvalue weighted by molar-refractivity contribution is -0.108. The second kappa shape index (κ2) is 3.94. The van der Waals surface area contributed by atoms with Gasteiger partial charge in [0, 0.05) is 6.42 Å². The van der Waals surface area contributed by atoms with Crippen LogP contribution in [0.1, 0.15) is 6.42 Å². The van der Waals surface area contributed by atoms with Crippen LogP contribution in [0.3, 0.4) is 0 Å². The van der Waals surface area contributed by atoms with Crippen molar-refractivity contribution in [2.45, 2.75) is 6.42 Å². The summed E-state index contributed by atoms with van der Waals surface area (Å²) < 4.78 is 21.9. The van der Waals surface area contributed by atoms with E-state index >= 15 is 0 Å². The van der Waals surface area contributed by atoms with Crippen LogP contribution >= 0.6 is 22.6 Å². The topological polar surface area (TPSA) is 17.1 Å². The lowest BCUT2D eigenvalue weighted by atomic mass is 10.5. The van der Waals surface area contributed by atoms with Crippen LogP contribution in [0, 0.1) is 0 Å². The van der Waals surface area contributed by atoms with E-state index in [2.05, 4.69) is 0 Å². The van der Waals surface area contributed by atoms with Gasteiger partial charge in [0.05, 0.1) is 0 Å². The van der Waals surface area contributed by atoms with Crippen LogP contribution in [-0.2, 0) is 4.79 Å². The summed E-state index contributed by atoms with van der Waals surface area (Å²) in [6.07, 6.45) is -1.38. The Balaban J connectivity index is 3.45. The first-order chi connectivity index (χ1) is 3.63. The summed E-state index contributed by atoms with van der Waals surface area (Å²) in [5.74, 6) is 0. The van der Waals surface area contributed by atoms with Gasteiger partial charge in [0.15, 0.2) is 3.79 Å². The van der Waals surface area contributed by atoms with Gasteiger partial charge in [0.2, 0.25) is 0 Å². The Morgan fingerprint density at radius 1 is 1.62 bits per heavy atom. The average Bonchev–Trinajstić information content (AvgIpc) is 1.61. The first-order valence-corrected chi connectivity index (χ1v) is 2.90. The van der Waals surface area contributed by atoms with Crippen molar-refractivity contribution >= 4 is 26.4 Å². The van der Waals surface area contributed by atoms with Crippen molar-refractivity contribution < 1.29 is 13.6 Å². The van der Waals surface area contributed by atoms with Gasteiger partial charge in [0.1, 0.15) is 0 Å². The van der Waals surface area contributed by atoms with Crippen molar-refractivity contribution in [3.05, 3.63) is 12.2 Å². The lowest BCUT2D eigenvalue weighted by Crippen LogP contribution is -1.78. The van der Waals surface area contributed by atoms with Crippen molar-refractivity contribution in [2.24, 2.45) is 0 Å². The summed E-state index contributed by atoms with van der Waals surface area (Å²) in [7, 11) is 0. The summed E-state index contributed by atoms with van der Waals surface area (Å²) in [6.45, 7) is 0. The molecule has 0 rings (SSSR count). The van der Waals surface area contributed by atoms with Gasteiger partial charge in [-0.2, -0.15) is 8.78 Å². The van der Waals surface area contributed by atoms with Crippen LogP contribution < -0.4 is 0 Å². The molecule has 0 saturated heterocycles. The Morgan fingerprint density at radius 3 is 2.25 bits per heavy atom. The molecule has 0 aromatic carbocycles. The Kier molecular flexibility index (Phi) is 3.94. The van der Waals surface area contributed by atoms with E-state index in [-0.39, 0.29) is 10.2 Å². The normalized spacial score (nSPS) is 8.38. The van der Waals surface area contributed by atoms with Crippen LogP contribution in [0.25, 0.3) is 0 Å². The highest BCUT2D eigenvalue weighted by Crippen LogP contribution is 2.01. The summed E-state index contributed by atoms with van der Waals surface area (Å²) >= 11 is 1.46. The Hall–Kier alpha value is -0.0000000000000000555. The third-order valence-electron chi connectivity index (χ3n) is 0.417. The smallest absolute Gasteiger partial charge is 0.266 e. The van der Waals surface area contributed by atoms with Gasteiger partial charge < -0.3 is 0 Å². The first-order valence-electron chi connectivity index (χ1n) is 1.82. The van der Waals surface area contributed by atoms with Crippen LogP contribution in [0.2, 0.25) is 0 Å². The molecule has 0 atom stereocenters. The van der Waals surface area contributed by atoms with Crippen molar-refractivity contribution in [1.82, 2.24) is 0 Å². The average molecular weight is 232 g/mol. The highest BCUT2D eigenvalue weighted by molar-refractivity contribution is 14.1. The first kappa shape index (κ1) is 8.00. The van der Waals surface area contributed by atoms with Gasteiger partial charge in [-0.05, 0) is 28.7 Å². The monoisotopic (exact) mass is 232 g/mol. The second-order valence-electron chi connectivity index (χ2n) is 1.05. The third kappa shape index (κ3) is 6.00. The quantitative estimate of drug-likeness (QED) is 0.526. The maximum atomic E-state index is 11.1. The number of carbonyl (C=O) groups excluding carboxylic acids is 1. The van der Waals surface area contributed by atoms with E-state index in [0.717, 1.165) is 0 Å². The number of allylic oxidation sites excluding steroid dienone is 1. The Bertz CT molecular complexity index is 117. The molecule has 0 unspecified atom stereocenters. The molecule has 0 fully saturated rings. The summed E-state index contributed by atoms with van der Waals surface area (Å²) in [4.78, 5) is 9.96. The molecule has 4 heteroatoms. The molecule has 0 aromatic rings. The number of rotatable bonds is 2. The molecule has 0 aliphatic carbocycles. The van der Waals surface area contributed by atoms with Crippen LogP contribution in [0.5, 0.6) is 0 Å².